The fourth-order valence-corrected chi connectivity index (χ4v) is 1.68. The number of hydrogen-bond donors (Lipinski definition) is 2. The van der Waals surface area contributed by atoms with E-state index in [9.17, 15) is 13.6 Å². The lowest BCUT2D eigenvalue weighted by molar-refractivity contribution is 0.102. The van der Waals surface area contributed by atoms with Crippen molar-refractivity contribution in [2.45, 2.75) is 0 Å². The molecule has 2 N–H and O–H groups in total. The summed E-state index contributed by atoms with van der Waals surface area (Å²) in [4.78, 5) is 11.9. The monoisotopic (exact) mass is 287 g/mol. The van der Waals surface area contributed by atoms with E-state index in [0.29, 0.717) is 0 Å². The van der Waals surface area contributed by atoms with Gasteiger partial charge in [0.15, 0.2) is 0 Å². The molecular weight excluding hydrogens is 276 g/mol. The summed E-state index contributed by atoms with van der Waals surface area (Å²) in [6.45, 7) is -0.398. The number of benzene rings is 2. The smallest absolute Gasteiger partial charge is 0.258 e. The van der Waals surface area contributed by atoms with Gasteiger partial charge < -0.3 is 10.4 Å². The normalized spacial score (nSPS) is 9.67. The van der Waals surface area contributed by atoms with Crippen molar-refractivity contribution < 1.29 is 18.7 Å². The Morgan fingerprint density at radius 1 is 1.14 bits per heavy atom. The van der Waals surface area contributed by atoms with E-state index in [1.165, 1.54) is 30.3 Å². The Hall–Kier alpha value is -2.71. The van der Waals surface area contributed by atoms with Crippen LogP contribution in [0.15, 0.2) is 42.5 Å². The first kappa shape index (κ1) is 14.7. The molecule has 0 aliphatic carbocycles. The molecule has 0 radical (unpaired) electrons. The minimum atomic E-state index is -0.641. The molecule has 0 heterocycles. The molecule has 5 heteroatoms. The molecule has 0 unspecified atom stereocenters. The maximum atomic E-state index is 13.5. The van der Waals surface area contributed by atoms with Crippen molar-refractivity contribution in [2.75, 3.05) is 11.9 Å². The Labute approximate surface area is 120 Å². The van der Waals surface area contributed by atoms with Gasteiger partial charge in [-0.3, -0.25) is 4.79 Å². The third-order valence-electron chi connectivity index (χ3n) is 2.64. The number of amides is 1. The van der Waals surface area contributed by atoms with Crippen molar-refractivity contribution in [2.24, 2.45) is 0 Å². The zero-order valence-electron chi connectivity index (χ0n) is 10.9. The number of rotatable bonds is 2. The van der Waals surface area contributed by atoms with Crippen LogP contribution in [0.4, 0.5) is 14.5 Å². The molecule has 2 rings (SSSR count). The molecule has 0 spiro atoms. The van der Waals surface area contributed by atoms with Crippen molar-refractivity contribution in [3.63, 3.8) is 0 Å². The van der Waals surface area contributed by atoms with Gasteiger partial charge in [0.05, 0.1) is 11.1 Å². The Morgan fingerprint density at radius 2 is 1.90 bits per heavy atom. The van der Waals surface area contributed by atoms with Crippen molar-refractivity contribution >= 4 is 11.6 Å². The lowest BCUT2D eigenvalue weighted by atomic mass is 10.1. The number of carbonyl (C=O) groups excluding carboxylic acids is 1. The molecule has 0 atom stereocenters. The molecule has 1 amide bonds. The van der Waals surface area contributed by atoms with Gasteiger partial charge in [0.1, 0.15) is 18.2 Å². The summed E-state index contributed by atoms with van der Waals surface area (Å²) in [5, 5.41) is 11.1. The van der Waals surface area contributed by atoms with Crippen LogP contribution in [0.25, 0.3) is 0 Å². The number of aliphatic hydroxyl groups excluding tert-OH is 1. The molecule has 0 aromatic heterocycles. The van der Waals surface area contributed by atoms with Crippen molar-refractivity contribution in [1.29, 1.82) is 0 Å². The fourth-order valence-electron chi connectivity index (χ4n) is 1.68. The first-order valence-electron chi connectivity index (χ1n) is 6.07. The van der Waals surface area contributed by atoms with E-state index < -0.39 is 24.1 Å². The lowest BCUT2D eigenvalue weighted by Crippen LogP contribution is -2.13. The van der Waals surface area contributed by atoms with Crippen LogP contribution in [0.5, 0.6) is 0 Å². The predicted molar refractivity (Wildman–Crippen MR) is 74.7 cm³/mol. The Morgan fingerprint density at radius 3 is 2.62 bits per heavy atom. The second kappa shape index (κ2) is 6.64. The van der Waals surface area contributed by atoms with Gasteiger partial charge in [-0.25, -0.2) is 8.78 Å². The lowest BCUT2D eigenvalue weighted by Gasteiger charge is -2.07. The summed E-state index contributed by atoms with van der Waals surface area (Å²) >= 11 is 0. The molecule has 0 saturated carbocycles. The highest BCUT2D eigenvalue weighted by molar-refractivity contribution is 6.04. The Balaban J connectivity index is 2.24. The van der Waals surface area contributed by atoms with Crippen LogP contribution in [0.2, 0.25) is 0 Å². The van der Waals surface area contributed by atoms with Crippen molar-refractivity contribution in [3.8, 4) is 11.8 Å². The van der Waals surface area contributed by atoms with E-state index in [0.717, 1.165) is 6.07 Å². The second-order valence-corrected chi connectivity index (χ2v) is 4.09. The standard InChI is InChI=1S/C16H11F2NO2/c17-14-8-7-12(10-11(14)4-3-9-20)19-16(21)13-5-1-2-6-15(13)18/h1-2,5-8,10,20H,9H2,(H,19,21). The van der Waals surface area contributed by atoms with Gasteiger partial charge >= 0.3 is 0 Å². The minimum Gasteiger partial charge on any atom is -0.384 e. The minimum absolute atomic E-state index is 0.0374. The molecule has 2 aromatic rings. The SMILES string of the molecule is O=C(Nc1ccc(F)c(C#CCO)c1)c1ccccc1F. The van der Waals surface area contributed by atoms with E-state index >= 15 is 0 Å². The summed E-state index contributed by atoms with van der Waals surface area (Å²) in [7, 11) is 0. The summed E-state index contributed by atoms with van der Waals surface area (Å²) in [6.07, 6.45) is 0. The van der Waals surface area contributed by atoms with E-state index in [4.69, 9.17) is 5.11 Å². The topological polar surface area (TPSA) is 49.3 Å². The summed E-state index contributed by atoms with van der Waals surface area (Å²) < 4.78 is 26.9. The van der Waals surface area contributed by atoms with Gasteiger partial charge in [-0.15, -0.1) is 0 Å². The summed E-state index contributed by atoms with van der Waals surface area (Å²) in [5.41, 5.74) is 0.215. The van der Waals surface area contributed by atoms with Crippen molar-refractivity contribution in [3.05, 3.63) is 65.2 Å². The maximum absolute atomic E-state index is 13.5. The molecule has 0 fully saturated rings. The average Bonchev–Trinajstić information content (AvgIpc) is 2.48. The van der Waals surface area contributed by atoms with E-state index in [-0.39, 0.29) is 16.8 Å². The largest absolute Gasteiger partial charge is 0.384 e. The average molecular weight is 287 g/mol. The van der Waals surface area contributed by atoms with Crippen LogP contribution in [-0.4, -0.2) is 17.6 Å². The van der Waals surface area contributed by atoms with Gasteiger partial charge in [-0.05, 0) is 30.3 Å². The van der Waals surface area contributed by atoms with Crippen molar-refractivity contribution in [1.82, 2.24) is 0 Å². The van der Waals surface area contributed by atoms with Gasteiger partial charge in [-0.2, -0.15) is 0 Å². The van der Waals surface area contributed by atoms with E-state index in [1.54, 1.807) is 6.07 Å². The van der Waals surface area contributed by atoms with Gasteiger partial charge in [0.25, 0.3) is 5.91 Å². The Bertz CT molecular complexity index is 733. The maximum Gasteiger partial charge on any atom is 0.258 e. The van der Waals surface area contributed by atoms with Gasteiger partial charge in [0, 0.05) is 5.69 Å². The number of hydrogen-bond acceptors (Lipinski definition) is 2. The van der Waals surface area contributed by atoms with Gasteiger partial charge in [-0.1, -0.05) is 24.0 Å². The van der Waals surface area contributed by atoms with Crippen LogP contribution in [0.3, 0.4) is 0 Å². The molecule has 0 bridgehead atoms. The molecule has 21 heavy (non-hydrogen) atoms. The number of halogens is 2. The van der Waals surface area contributed by atoms with E-state index in [1.807, 2.05) is 0 Å². The van der Waals surface area contributed by atoms with Crippen LogP contribution in [0, 0.1) is 23.5 Å². The Kier molecular flexibility index (Phi) is 4.64. The fraction of sp³-hybridized carbons (Fsp3) is 0.0625. The number of carbonyl (C=O) groups is 1. The predicted octanol–water partition coefficient (Wildman–Crippen LogP) is 2.56. The summed E-state index contributed by atoms with van der Waals surface area (Å²) in [5.74, 6) is 2.90. The second-order valence-electron chi connectivity index (χ2n) is 4.09. The van der Waals surface area contributed by atoms with Crippen LogP contribution in [-0.2, 0) is 0 Å². The van der Waals surface area contributed by atoms with E-state index in [2.05, 4.69) is 17.2 Å². The highest BCUT2D eigenvalue weighted by Crippen LogP contribution is 2.16. The highest BCUT2D eigenvalue weighted by Gasteiger charge is 2.11. The zero-order valence-corrected chi connectivity index (χ0v) is 10.9. The zero-order chi connectivity index (χ0) is 15.2. The molecular formula is C16H11F2NO2. The van der Waals surface area contributed by atoms with Crippen LogP contribution in [0.1, 0.15) is 15.9 Å². The third kappa shape index (κ3) is 3.65. The number of aliphatic hydroxyl groups is 1. The molecule has 2 aromatic carbocycles. The molecule has 0 aliphatic heterocycles. The number of nitrogens with one attached hydrogen (secondary N) is 1. The highest BCUT2D eigenvalue weighted by atomic mass is 19.1. The number of anilines is 1. The quantitative estimate of drug-likeness (QED) is 0.834. The van der Waals surface area contributed by atoms with Crippen LogP contribution >= 0.6 is 0 Å². The first-order chi connectivity index (χ1) is 10.1. The third-order valence-corrected chi connectivity index (χ3v) is 2.64. The molecule has 3 nitrogen and oxygen atoms in total. The molecule has 0 aliphatic rings. The summed E-state index contributed by atoms with van der Waals surface area (Å²) in [6, 6.07) is 9.35. The molecule has 0 saturated heterocycles. The molecule has 106 valence electrons. The van der Waals surface area contributed by atoms with Gasteiger partial charge in [0.2, 0.25) is 0 Å². The van der Waals surface area contributed by atoms with Crippen LogP contribution < -0.4 is 5.32 Å². The first-order valence-corrected chi connectivity index (χ1v) is 6.07.